The van der Waals surface area contributed by atoms with Crippen LogP contribution in [0.25, 0.3) is 16.6 Å². The lowest BCUT2D eigenvalue weighted by molar-refractivity contribution is 0.111. The maximum atomic E-state index is 13.6. The number of rotatable bonds is 9. The van der Waals surface area contributed by atoms with E-state index < -0.39 is 0 Å². The molecule has 0 aliphatic carbocycles. The molecule has 33 heavy (non-hydrogen) atoms. The molecule has 1 aromatic heterocycles. The molecule has 1 saturated heterocycles. The third kappa shape index (κ3) is 5.45. The Hall–Kier alpha value is -2.70. The summed E-state index contributed by atoms with van der Waals surface area (Å²) >= 11 is 0. The summed E-state index contributed by atoms with van der Waals surface area (Å²) in [4.78, 5) is 23.6. The van der Waals surface area contributed by atoms with Gasteiger partial charge in [0.05, 0.1) is 29.7 Å². The van der Waals surface area contributed by atoms with Crippen LogP contribution in [0.4, 0.5) is 0 Å². The summed E-state index contributed by atoms with van der Waals surface area (Å²) in [5.41, 5.74) is 1.45. The molecule has 0 bridgehead atoms. The number of piperazine rings is 1. The maximum absolute atomic E-state index is 13.6. The quantitative estimate of drug-likeness (QED) is 0.487. The van der Waals surface area contributed by atoms with E-state index in [-0.39, 0.29) is 5.56 Å². The zero-order valence-electron chi connectivity index (χ0n) is 20.2. The number of fused-ring (bicyclic) bond motifs is 1. The molecule has 176 valence electrons. The minimum Gasteiger partial charge on any atom is -0.492 e. The molecule has 4 rings (SSSR count). The molecule has 1 aliphatic rings. The van der Waals surface area contributed by atoms with Crippen molar-refractivity contribution in [3.05, 3.63) is 64.7 Å². The van der Waals surface area contributed by atoms with Gasteiger partial charge in [-0.3, -0.25) is 14.3 Å². The topological polar surface area (TPSA) is 50.6 Å². The van der Waals surface area contributed by atoms with Gasteiger partial charge in [0, 0.05) is 32.7 Å². The summed E-state index contributed by atoms with van der Waals surface area (Å²) in [6.45, 7) is 13.0. The first-order valence-corrected chi connectivity index (χ1v) is 12.3. The van der Waals surface area contributed by atoms with Crippen molar-refractivity contribution in [3.63, 3.8) is 0 Å². The van der Waals surface area contributed by atoms with E-state index in [0.29, 0.717) is 24.3 Å². The summed E-state index contributed by atoms with van der Waals surface area (Å²) in [5.74, 6) is 2.21. The monoisotopic (exact) mass is 448 g/mol. The highest BCUT2D eigenvalue weighted by atomic mass is 16.5. The fraction of sp³-hybridized carbons (Fsp3) is 0.481. The van der Waals surface area contributed by atoms with E-state index in [9.17, 15) is 4.79 Å². The van der Waals surface area contributed by atoms with Crippen molar-refractivity contribution >= 4 is 10.9 Å². The molecule has 0 saturated carbocycles. The van der Waals surface area contributed by atoms with Gasteiger partial charge in [-0.2, -0.15) is 0 Å². The molecule has 0 amide bonds. The number of ether oxygens (including phenoxy) is 1. The van der Waals surface area contributed by atoms with Gasteiger partial charge in [0.15, 0.2) is 0 Å². The molecule has 2 heterocycles. The molecule has 1 aliphatic heterocycles. The zero-order valence-corrected chi connectivity index (χ0v) is 20.2. The smallest absolute Gasteiger partial charge is 0.266 e. The van der Waals surface area contributed by atoms with Crippen LogP contribution < -0.4 is 10.3 Å². The van der Waals surface area contributed by atoms with E-state index in [1.54, 1.807) is 4.57 Å². The predicted octanol–water partition coefficient (Wildman–Crippen LogP) is 4.34. The van der Waals surface area contributed by atoms with E-state index in [0.717, 1.165) is 49.1 Å². The molecule has 2 aromatic carbocycles. The Balaban J connectivity index is 1.63. The van der Waals surface area contributed by atoms with Crippen molar-refractivity contribution in [1.82, 2.24) is 19.4 Å². The van der Waals surface area contributed by atoms with E-state index in [1.165, 1.54) is 19.4 Å². The van der Waals surface area contributed by atoms with Gasteiger partial charge in [-0.1, -0.05) is 44.5 Å². The zero-order chi connectivity index (χ0) is 23.2. The summed E-state index contributed by atoms with van der Waals surface area (Å²) in [7, 11) is 0. The third-order valence-electron chi connectivity index (χ3n) is 6.43. The van der Waals surface area contributed by atoms with Gasteiger partial charge in [-0.25, -0.2) is 4.98 Å². The second-order valence-corrected chi connectivity index (χ2v) is 9.06. The number of hydrogen-bond donors (Lipinski definition) is 0. The van der Waals surface area contributed by atoms with Crippen molar-refractivity contribution in [2.45, 2.75) is 40.2 Å². The van der Waals surface area contributed by atoms with Crippen molar-refractivity contribution < 1.29 is 4.74 Å². The Labute approximate surface area is 196 Å². The summed E-state index contributed by atoms with van der Waals surface area (Å²) in [6.07, 6.45) is 2.53. The van der Waals surface area contributed by atoms with E-state index in [1.807, 2.05) is 55.5 Å². The minimum absolute atomic E-state index is 0.0465. The lowest BCUT2D eigenvalue weighted by atomic mass is 10.1. The summed E-state index contributed by atoms with van der Waals surface area (Å²) < 4.78 is 7.62. The molecule has 1 fully saturated rings. The molecule has 0 radical (unpaired) electrons. The number of nitrogens with zero attached hydrogens (tertiary/aromatic N) is 4. The van der Waals surface area contributed by atoms with Crippen LogP contribution in [0, 0.1) is 5.92 Å². The number of aromatic nitrogens is 2. The SMILES string of the molecule is CCCC(C)CN1CCN(Cc2nc3ccccc3c(=O)n2-c2ccccc2OCC)CC1. The average Bonchev–Trinajstić information content (AvgIpc) is 2.82. The first kappa shape index (κ1) is 23.5. The highest BCUT2D eigenvalue weighted by Gasteiger charge is 2.22. The number of benzene rings is 2. The standard InChI is InChI=1S/C27H36N4O2/c1-4-10-21(3)19-29-15-17-30(18-16-29)20-26-28-23-12-7-6-11-22(23)27(32)31(26)24-13-8-9-14-25(24)33-5-2/h6-9,11-14,21H,4-5,10,15-20H2,1-3H3. The van der Waals surface area contributed by atoms with Crippen molar-refractivity contribution in [1.29, 1.82) is 0 Å². The Morgan fingerprint density at radius 1 is 0.970 bits per heavy atom. The highest BCUT2D eigenvalue weighted by molar-refractivity contribution is 5.78. The van der Waals surface area contributed by atoms with Crippen LogP contribution in [0.1, 0.15) is 39.4 Å². The van der Waals surface area contributed by atoms with Crippen LogP contribution in [0.2, 0.25) is 0 Å². The Bertz CT molecular complexity index is 1120. The van der Waals surface area contributed by atoms with Gasteiger partial charge in [-0.05, 0) is 43.5 Å². The van der Waals surface area contributed by atoms with Crippen LogP contribution in [0.3, 0.4) is 0 Å². The van der Waals surface area contributed by atoms with Crippen LogP contribution in [-0.2, 0) is 6.54 Å². The molecule has 1 unspecified atom stereocenters. The van der Waals surface area contributed by atoms with Gasteiger partial charge in [0.2, 0.25) is 0 Å². The normalized spacial score (nSPS) is 16.2. The average molecular weight is 449 g/mol. The summed E-state index contributed by atoms with van der Waals surface area (Å²) in [5, 5.41) is 0.627. The van der Waals surface area contributed by atoms with Crippen molar-refractivity contribution in [3.8, 4) is 11.4 Å². The Morgan fingerprint density at radius 3 is 2.42 bits per heavy atom. The van der Waals surface area contributed by atoms with Gasteiger partial charge in [0.1, 0.15) is 11.6 Å². The molecule has 1 atom stereocenters. The van der Waals surface area contributed by atoms with E-state index in [2.05, 4.69) is 23.6 Å². The van der Waals surface area contributed by atoms with Gasteiger partial charge < -0.3 is 9.64 Å². The van der Waals surface area contributed by atoms with Crippen molar-refractivity contribution in [2.24, 2.45) is 5.92 Å². The van der Waals surface area contributed by atoms with Crippen LogP contribution in [-0.4, -0.2) is 58.7 Å². The minimum atomic E-state index is -0.0465. The second kappa shape index (κ2) is 10.9. The molecule has 6 nitrogen and oxygen atoms in total. The molecule has 6 heteroatoms. The molecule has 0 N–H and O–H groups in total. The summed E-state index contributed by atoms with van der Waals surface area (Å²) in [6, 6.07) is 15.3. The molecular weight excluding hydrogens is 412 g/mol. The van der Waals surface area contributed by atoms with Gasteiger partial charge in [-0.15, -0.1) is 0 Å². The highest BCUT2D eigenvalue weighted by Crippen LogP contribution is 2.24. The molecule has 0 spiro atoms. The van der Waals surface area contributed by atoms with Gasteiger partial charge in [0.25, 0.3) is 5.56 Å². The van der Waals surface area contributed by atoms with E-state index >= 15 is 0 Å². The fourth-order valence-electron chi connectivity index (χ4n) is 4.81. The fourth-order valence-corrected chi connectivity index (χ4v) is 4.81. The largest absolute Gasteiger partial charge is 0.492 e. The second-order valence-electron chi connectivity index (χ2n) is 9.06. The lowest BCUT2D eigenvalue weighted by Crippen LogP contribution is -2.47. The molecule has 3 aromatic rings. The first-order chi connectivity index (χ1) is 16.1. The van der Waals surface area contributed by atoms with Crippen LogP contribution in [0.15, 0.2) is 53.3 Å². The first-order valence-electron chi connectivity index (χ1n) is 12.3. The Morgan fingerprint density at radius 2 is 1.67 bits per heavy atom. The Kier molecular flexibility index (Phi) is 7.78. The predicted molar refractivity (Wildman–Crippen MR) is 134 cm³/mol. The number of hydrogen-bond acceptors (Lipinski definition) is 5. The van der Waals surface area contributed by atoms with Gasteiger partial charge >= 0.3 is 0 Å². The lowest BCUT2D eigenvalue weighted by Gasteiger charge is -2.36. The molecular formula is C27H36N4O2. The number of para-hydroxylation sites is 3. The van der Waals surface area contributed by atoms with E-state index in [4.69, 9.17) is 9.72 Å². The third-order valence-corrected chi connectivity index (χ3v) is 6.43. The maximum Gasteiger partial charge on any atom is 0.266 e. The van der Waals surface area contributed by atoms with Crippen molar-refractivity contribution in [2.75, 3.05) is 39.3 Å². The van der Waals surface area contributed by atoms with Crippen LogP contribution >= 0.6 is 0 Å². The van der Waals surface area contributed by atoms with Crippen LogP contribution in [0.5, 0.6) is 5.75 Å².